The van der Waals surface area contributed by atoms with Gasteiger partial charge in [0.15, 0.2) is 0 Å². The van der Waals surface area contributed by atoms with Gasteiger partial charge in [-0.1, -0.05) is 49.5 Å². The monoisotopic (exact) mass is 231 g/mol. The van der Waals surface area contributed by atoms with E-state index < -0.39 is 0 Å². The second-order valence-corrected chi connectivity index (χ2v) is 4.40. The predicted molar refractivity (Wildman–Crippen MR) is 62.8 cm³/mol. The van der Waals surface area contributed by atoms with Gasteiger partial charge in [0.1, 0.15) is 0 Å². The molecular weight excluding hydrogens is 217 g/mol. The van der Waals surface area contributed by atoms with Gasteiger partial charge in [-0.3, -0.25) is 0 Å². The molecular formula is C11H15Cl2N. The summed E-state index contributed by atoms with van der Waals surface area (Å²) in [5.74, 6) is 0.451. The minimum atomic E-state index is 0.0368. The molecule has 0 aliphatic rings. The maximum atomic E-state index is 6.07. The minimum absolute atomic E-state index is 0.0368. The van der Waals surface area contributed by atoms with Crippen molar-refractivity contribution in [2.75, 3.05) is 0 Å². The highest BCUT2D eigenvalue weighted by molar-refractivity contribution is 6.42. The van der Waals surface area contributed by atoms with Gasteiger partial charge >= 0.3 is 0 Å². The van der Waals surface area contributed by atoms with E-state index in [0.29, 0.717) is 16.0 Å². The van der Waals surface area contributed by atoms with Gasteiger partial charge < -0.3 is 5.73 Å². The Balaban J connectivity index is 2.91. The number of hydrogen-bond acceptors (Lipinski definition) is 1. The van der Waals surface area contributed by atoms with E-state index in [1.165, 1.54) is 0 Å². The predicted octanol–water partition coefficient (Wildman–Crippen LogP) is 4.04. The van der Waals surface area contributed by atoms with E-state index in [9.17, 15) is 0 Å². The zero-order valence-electron chi connectivity index (χ0n) is 8.43. The van der Waals surface area contributed by atoms with Crippen molar-refractivity contribution in [3.63, 3.8) is 0 Å². The van der Waals surface area contributed by atoms with E-state index in [4.69, 9.17) is 28.9 Å². The van der Waals surface area contributed by atoms with E-state index in [-0.39, 0.29) is 6.04 Å². The van der Waals surface area contributed by atoms with Crippen molar-refractivity contribution >= 4 is 23.2 Å². The Kier molecular flexibility index (Phi) is 4.24. The van der Waals surface area contributed by atoms with Gasteiger partial charge in [-0.05, 0) is 23.6 Å². The Morgan fingerprint density at radius 1 is 1.29 bits per heavy atom. The van der Waals surface area contributed by atoms with Crippen molar-refractivity contribution in [2.45, 2.75) is 26.3 Å². The largest absolute Gasteiger partial charge is 0.324 e. The molecule has 2 atom stereocenters. The van der Waals surface area contributed by atoms with Crippen LogP contribution in [0.4, 0.5) is 0 Å². The topological polar surface area (TPSA) is 26.0 Å². The third-order valence-electron chi connectivity index (χ3n) is 2.59. The van der Waals surface area contributed by atoms with E-state index in [1.54, 1.807) is 6.07 Å². The maximum absolute atomic E-state index is 6.07. The van der Waals surface area contributed by atoms with Gasteiger partial charge in [0.25, 0.3) is 0 Å². The highest BCUT2D eigenvalue weighted by Crippen LogP contribution is 2.28. The van der Waals surface area contributed by atoms with Gasteiger partial charge in [-0.15, -0.1) is 0 Å². The number of benzene rings is 1. The van der Waals surface area contributed by atoms with Crippen molar-refractivity contribution in [3.05, 3.63) is 33.8 Å². The molecule has 1 aromatic rings. The third-order valence-corrected chi connectivity index (χ3v) is 3.32. The highest BCUT2D eigenvalue weighted by atomic mass is 35.5. The molecule has 0 aliphatic heterocycles. The first kappa shape index (κ1) is 11.8. The smallest absolute Gasteiger partial charge is 0.0595 e. The molecule has 3 heteroatoms. The zero-order valence-corrected chi connectivity index (χ0v) is 9.94. The molecule has 0 radical (unpaired) electrons. The minimum Gasteiger partial charge on any atom is -0.324 e. The molecule has 0 heterocycles. The Labute approximate surface area is 95.2 Å². The molecule has 1 unspecified atom stereocenters. The Bertz CT molecular complexity index is 312. The number of halogens is 2. The van der Waals surface area contributed by atoms with Gasteiger partial charge in [0.05, 0.1) is 10.0 Å². The quantitative estimate of drug-likeness (QED) is 0.836. The molecule has 0 bridgehead atoms. The van der Waals surface area contributed by atoms with Crippen LogP contribution in [0.15, 0.2) is 18.2 Å². The van der Waals surface area contributed by atoms with E-state index in [0.717, 1.165) is 12.0 Å². The fourth-order valence-electron chi connectivity index (χ4n) is 1.30. The normalized spacial score (nSPS) is 15.2. The Morgan fingerprint density at radius 3 is 2.43 bits per heavy atom. The van der Waals surface area contributed by atoms with Crippen LogP contribution in [0.2, 0.25) is 10.0 Å². The lowest BCUT2D eigenvalue weighted by Crippen LogP contribution is -2.18. The summed E-state index contributed by atoms with van der Waals surface area (Å²) in [6, 6.07) is 5.61. The molecule has 0 amide bonds. The van der Waals surface area contributed by atoms with Gasteiger partial charge in [-0.25, -0.2) is 0 Å². The first-order chi connectivity index (χ1) is 6.56. The summed E-state index contributed by atoms with van der Waals surface area (Å²) < 4.78 is 0. The van der Waals surface area contributed by atoms with Crippen LogP contribution >= 0.6 is 23.2 Å². The van der Waals surface area contributed by atoms with Crippen molar-refractivity contribution < 1.29 is 0 Å². The summed E-state index contributed by atoms with van der Waals surface area (Å²) in [4.78, 5) is 0. The van der Waals surface area contributed by atoms with Crippen molar-refractivity contribution in [2.24, 2.45) is 11.7 Å². The molecule has 0 saturated heterocycles. The van der Waals surface area contributed by atoms with Gasteiger partial charge in [0, 0.05) is 6.04 Å². The van der Waals surface area contributed by atoms with E-state index in [2.05, 4.69) is 13.8 Å². The molecule has 2 N–H and O–H groups in total. The number of hydrogen-bond donors (Lipinski definition) is 1. The first-order valence-electron chi connectivity index (χ1n) is 4.76. The Hall–Kier alpha value is -0.240. The van der Waals surface area contributed by atoms with Crippen LogP contribution in [0.25, 0.3) is 0 Å². The first-order valence-corrected chi connectivity index (χ1v) is 5.52. The molecule has 78 valence electrons. The van der Waals surface area contributed by atoms with Crippen molar-refractivity contribution in [1.82, 2.24) is 0 Å². The van der Waals surface area contributed by atoms with E-state index >= 15 is 0 Å². The Morgan fingerprint density at radius 2 is 1.93 bits per heavy atom. The standard InChI is InChI=1S/C11H15Cl2N/c1-3-7(2)11(14)8-4-5-9(12)10(13)6-8/h4-7,11H,3,14H2,1-2H3/t7?,11-/m1/s1. The summed E-state index contributed by atoms with van der Waals surface area (Å²) in [6.45, 7) is 4.26. The second kappa shape index (κ2) is 5.01. The SMILES string of the molecule is CCC(C)[C@@H](N)c1ccc(Cl)c(Cl)c1. The summed E-state index contributed by atoms with van der Waals surface area (Å²) in [7, 11) is 0. The van der Waals surface area contributed by atoms with Crippen LogP contribution in [0.1, 0.15) is 31.9 Å². The van der Waals surface area contributed by atoms with Crippen LogP contribution in [-0.4, -0.2) is 0 Å². The van der Waals surface area contributed by atoms with Crippen LogP contribution in [0, 0.1) is 5.92 Å². The van der Waals surface area contributed by atoms with Gasteiger partial charge in [0.2, 0.25) is 0 Å². The van der Waals surface area contributed by atoms with Crippen LogP contribution in [-0.2, 0) is 0 Å². The van der Waals surface area contributed by atoms with Crippen molar-refractivity contribution in [3.8, 4) is 0 Å². The van der Waals surface area contributed by atoms with Crippen LogP contribution < -0.4 is 5.73 Å². The summed E-state index contributed by atoms with van der Waals surface area (Å²) in [6.07, 6.45) is 1.06. The molecule has 1 aromatic carbocycles. The molecule has 1 nitrogen and oxygen atoms in total. The summed E-state index contributed by atoms with van der Waals surface area (Å²) in [5, 5.41) is 1.15. The highest BCUT2D eigenvalue weighted by Gasteiger charge is 2.13. The van der Waals surface area contributed by atoms with Crippen molar-refractivity contribution in [1.29, 1.82) is 0 Å². The lowest BCUT2D eigenvalue weighted by atomic mass is 9.93. The average molecular weight is 232 g/mol. The maximum Gasteiger partial charge on any atom is 0.0595 e. The summed E-state index contributed by atoms with van der Waals surface area (Å²) >= 11 is 11.7. The molecule has 1 rings (SSSR count). The number of rotatable bonds is 3. The average Bonchev–Trinajstić information content (AvgIpc) is 2.20. The third kappa shape index (κ3) is 2.63. The molecule has 0 aliphatic carbocycles. The molecule has 0 fully saturated rings. The molecule has 0 aromatic heterocycles. The zero-order chi connectivity index (χ0) is 10.7. The van der Waals surface area contributed by atoms with Crippen LogP contribution in [0.5, 0.6) is 0 Å². The summed E-state index contributed by atoms with van der Waals surface area (Å²) in [5.41, 5.74) is 7.12. The molecule has 14 heavy (non-hydrogen) atoms. The lowest BCUT2D eigenvalue weighted by molar-refractivity contribution is 0.457. The lowest BCUT2D eigenvalue weighted by Gasteiger charge is -2.18. The molecule has 0 saturated carbocycles. The van der Waals surface area contributed by atoms with Gasteiger partial charge in [-0.2, -0.15) is 0 Å². The fraction of sp³-hybridized carbons (Fsp3) is 0.455. The second-order valence-electron chi connectivity index (χ2n) is 3.58. The number of nitrogens with two attached hydrogens (primary N) is 1. The van der Waals surface area contributed by atoms with Crippen LogP contribution in [0.3, 0.4) is 0 Å². The molecule has 0 spiro atoms. The fourth-order valence-corrected chi connectivity index (χ4v) is 1.61. The van der Waals surface area contributed by atoms with E-state index in [1.807, 2.05) is 12.1 Å².